The summed E-state index contributed by atoms with van der Waals surface area (Å²) < 4.78 is 5.20. The van der Waals surface area contributed by atoms with Gasteiger partial charge in [0.1, 0.15) is 11.6 Å². The second-order valence-electron chi connectivity index (χ2n) is 4.16. The summed E-state index contributed by atoms with van der Waals surface area (Å²) in [7, 11) is 3.48. The minimum Gasteiger partial charge on any atom is -0.496 e. The van der Waals surface area contributed by atoms with Gasteiger partial charge in [-0.25, -0.2) is 9.97 Å². The first-order valence-electron chi connectivity index (χ1n) is 5.99. The molecule has 0 saturated carbocycles. The highest BCUT2D eigenvalue weighted by molar-refractivity contribution is 7.13. The number of halogens is 1. The van der Waals surface area contributed by atoms with Gasteiger partial charge in [0.05, 0.1) is 17.5 Å². The second-order valence-corrected chi connectivity index (χ2v) is 5.51. The molecule has 20 heavy (non-hydrogen) atoms. The summed E-state index contributed by atoms with van der Waals surface area (Å²) in [5.41, 5.74) is 0.858. The molecule has 0 spiro atoms. The van der Waals surface area contributed by atoms with Crippen LogP contribution < -0.4 is 10.1 Å². The molecule has 0 aliphatic rings. The third kappa shape index (κ3) is 2.30. The fraction of sp³-hybridized carbons (Fsp3) is 0.143. The monoisotopic (exact) mass is 305 g/mol. The molecule has 0 radical (unpaired) electrons. The van der Waals surface area contributed by atoms with Crippen molar-refractivity contribution in [3.8, 4) is 16.5 Å². The summed E-state index contributed by atoms with van der Waals surface area (Å²) in [6.07, 6.45) is 0. The minimum atomic E-state index is 0.670. The predicted octanol–water partition coefficient (Wildman–Crippen LogP) is 4.06. The largest absolute Gasteiger partial charge is 0.496 e. The number of hydrogen-bond acceptors (Lipinski definition) is 5. The highest BCUT2D eigenvalue weighted by atomic mass is 35.5. The van der Waals surface area contributed by atoms with E-state index in [9.17, 15) is 0 Å². The Morgan fingerprint density at radius 3 is 2.80 bits per heavy atom. The van der Waals surface area contributed by atoms with Crippen molar-refractivity contribution in [2.24, 2.45) is 0 Å². The fourth-order valence-electron chi connectivity index (χ4n) is 1.94. The molecule has 0 unspecified atom stereocenters. The standard InChI is InChI=1S/C14H12ClN3OS/c1-16-13-10-5-8(15)3-4-11(10)17-14(18-13)12-6-9(19-2)7-20-12/h3-7H,1-2H3,(H,16,17,18). The van der Waals surface area contributed by atoms with Crippen molar-refractivity contribution >= 4 is 39.7 Å². The van der Waals surface area contributed by atoms with E-state index in [1.807, 2.05) is 36.7 Å². The zero-order chi connectivity index (χ0) is 14.1. The smallest absolute Gasteiger partial charge is 0.172 e. The summed E-state index contributed by atoms with van der Waals surface area (Å²) in [5.74, 6) is 2.26. The van der Waals surface area contributed by atoms with Crippen LogP contribution in [0.15, 0.2) is 29.6 Å². The van der Waals surface area contributed by atoms with E-state index in [2.05, 4.69) is 15.3 Å². The van der Waals surface area contributed by atoms with E-state index >= 15 is 0 Å². The van der Waals surface area contributed by atoms with Gasteiger partial charge >= 0.3 is 0 Å². The molecule has 0 saturated heterocycles. The molecule has 0 aliphatic heterocycles. The van der Waals surface area contributed by atoms with Crippen molar-refractivity contribution in [2.45, 2.75) is 0 Å². The molecule has 0 aliphatic carbocycles. The summed E-state index contributed by atoms with van der Waals surface area (Å²) in [4.78, 5) is 10.1. The van der Waals surface area contributed by atoms with Crippen molar-refractivity contribution in [1.82, 2.24) is 9.97 Å². The molecular formula is C14H12ClN3OS. The molecule has 2 aromatic heterocycles. The van der Waals surface area contributed by atoms with E-state index in [1.54, 1.807) is 18.4 Å². The molecule has 102 valence electrons. The molecule has 4 nitrogen and oxygen atoms in total. The maximum absolute atomic E-state index is 6.03. The lowest BCUT2D eigenvalue weighted by molar-refractivity contribution is 0.417. The molecule has 0 amide bonds. The molecule has 3 rings (SSSR count). The molecular weight excluding hydrogens is 294 g/mol. The molecule has 1 aromatic carbocycles. The van der Waals surface area contributed by atoms with Crippen molar-refractivity contribution in [3.63, 3.8) is 0 Å². The first-order valence-corrected chi connectivity index (χ1v) is 7.25. The van der Waals surface area contributed by atoms with Crippen molar-refractivity contribution in [1.29, 1.82) is 0 Å². The lowest BCUT2D eigenvalue weighted by atomic mass is 10.2. The average Bonchev–Trinajstić information content (AvgIpc) is 2.95. The zero-order valence-electron chi connectivity index (χ0n) is 11.0. The Bertz CT molecular complexity index is 772. The third-order valence-corrected chi connectivity index (χ3v) is 4.07. The van der Waals surface area contributed by atoms with Gasteiger partial charge in [-0.05, 0) is 18.2 Å². The Hall–Kier alpha value is -1.85. The van der Waals surface area contributed by atoms with Crippen LogP contribution in [0.5, 0.6) is 5.75 Å². The van der Waals surface area contributed by atoms with Crippen LogP contribution in [0, 0.1) is 0 Å². The van der Waals surface area contributed by atoms with Crippen molar-refractivity contribution in [3.05, 3.63) is 34.7 Å². The van der Waals surface area contributed by atoms with Gasteiger partial charge in [-0.2, -0.15) is 0 Å². The number of hydrogen-bond donors (Lipinski definition) is 1. The van der Waals surface area contributed by atoms with E-state index < -0.39 is 0 Å². The van der Waals surface area contributed by atoms with Crippen LogP contribution in [0.4, 0.5) is 5.82 Å². The van der Waals surface area contributed by atoms with Gasteiger partial charge in [0.15, 0.2) is 5.82 Å². The third-order valence-electron chi connectivity index (χ3n) is 2.93. The Kier molecular flexibility index (Phi) is 3.46. The summed E-state index contributed by atoms with van der Waals surface area (Å²) in [5, 5.41) is 6.61. The fourth-order valence-corrected chi connectivity index (χ4v) is 2.90. The molecule has 2 heterocycles. The van der Waals surface area contributed by atoms with Crippen LogP contribution in [0.1, 0.15) is 0 Å². The average molecular weight is 306 g/mol. The van der Waals surface area contributed by atoms with Gasteiger partial charge in [0.2, 0.25) is 0 Å². The van der Waals surface area contributed by atoms with E-state index in [0.29, 0.717) is 10.8 Å². The summed E-state index contributed by atoms with van der Waals surface area (Å²) in [6, 6.07) is 7.52. The van der Waals surface area contributed by atoms with Gasteiger partial charge in [-0.3, -0.25) is 0 Å². The number of fused-ring (bicyclic) bond motifs is 1. The van der Waals surface area contributed by atoms with Crippen LogP contribution in [0.2, 0.25) is 5.02 Å². The van der Waals surface area contributed by atoms with E-state index in [-0.39, 0.29) is 0 Å². The lowest BCUT2D eigenvalue weighted by Crippen LogP contribution is -1.98. The predicted molar refractivity (Wildman–Crippen MR) is 84.0 cm³/mol. The lowest BCUT2D eigenvalue weighted by Gasteiger charge is -2.07. The van der Waals surface area contributed by atoms with Gasteiger partial charge in [0.25, 0.3) is 0 Å². The normalized spacial score (nSPS) is 10.8. The summed E-state index contributed by atoms with van der Waals surface area (Å²) >= 11 is 7.58. The first kappa shape index (κ1) is 13.1. The number of benzene rings is 1. The molecule has 0 bridgehead atoms. The summed E-state index contributed by atoms with van der Waals surface area (Å²) in [6.45, 7) is 0. The number of nitrogens with zero attached hydrogens (tertiary/aromatic N) is 2. The highest BCUT2D eigenvalue weighted by Crippen LogP contribution is 2.32. The van der Waals surface area contributed by atoms with Gasteiger partial charge in [-0.1, -0.05) is 11.6 Å². The van der Waals surface area contributed by atoms with Gasteiger partial charge < -0.3 is 10.1 Å². The van der Waals surface area contributed by atoms with E-state index in [1.165, 1.54) is 0 Å². The van der Waals surface area contributed by atoms with Crippen LogP contribution in [-0.4, -0.2) is 24.1 Å². The number of methoxy groups -OCH3 is 1. The maximum atomic E-state index is 6.03. The van der Waals surface area contributed by atoms with Crippen LogP contribution in [0.3, 0.4) is 0 Å². The molecule has 0 fully saturated rings. The van der Waals surface area contributed by atoms with Gasteiger partial charge in [-0.15, -0.1) is 11.3 Å². The molecule has 6 heteroatoms. The number of nitrogens with one attached hydrogen (secondary N) is 1. The number of thiophene rings is 1. The molecule has 1 N–H and O–H groups in total. The van der Waals surface area contributed by atoms with Crippen LogP contribution in [-0.2, 0) is 0 Å². The number of ether oxygens (including phenoxy) is 1. The van der Waals surface area contributed by atoms with Crippen molar-refractivity contribution in [2.75, 3.05) is 19.5 Å². The second kappa shape index (κ2) is 5.26. The van der Waals surface area contributed by atoms with Gasteiger partial charge in [0, 0.05) is 28.9 Å². The Labute approximate surface area is 125 Å². The van der Waals surface area contributed by atoms with Crippen LogP contribution >= 0.6 is 22.9 Å². The quantitative estimate of drug-likeness (QED) is 0.792. The first-order chi connectivity index (χ1) is 9.71. The molecule has 0 atom stereocenters. The highest BCUT2D eigenvalue weighted by Gasteiger charge is 2.11. The Morgan fingerprint density at radius 1 is 1.25 bits per heavy atom. The molecule has 3 aromatic rings. The maximum Gasteiger partial charge on any atom is 0.172 e. The zero-order valence-corrected chi connectivity index (χ0v) is 12.5. The minimum absolute atomic E-state index is 0.670. The Balaban J connectivity index is 2.19. The number of anilines is 1. The van der Waals surface area contributed by atoms with E-state index in [0.717, 1.165) is 27.3 Å². The Morgan fingerprint density at radius 2 is 2.10 bits per heavy atom. The number of rotatable bonds is 3. The van der Waals surface area contributed by atoms with Crippen LogP contribution in [0.25, 0.3) is 21.6 Å². The topological polar surface area (TPSA) is 47.0 Å². The van der Waals surface area contributed by atoms with E-state index in [4.69, 9.17) is 16.3 Å². The van der Waals surface area contributed by atoms with Crippen molar-refractivity contribution < 1.29 is 4.74 Å². The SMILES string of the molecule is CNc1nc(-c2cc(OC)cs2)nc2ccc(Cl)cc12. The number of aromatic nitrogens is 2.